The number of benzene rings is 1. The fourth-order valence-electron chi connectivity index (χ4n) is 2.09. The highest BCUT2D eigenvalue weighted by Crippen LogP contribution is 2.16. The molecule has 2 rings (SSSR count). The molecule has 0 aliphatic heterocycles. The van der Waals surface area contributed by atoms with Crippen LogP contribution in [0.4, 0.5) is 0 Å². The Morgan fingerprint density at radius 2 is 2.00 bits per heavy atom. The molecule has 0 saturated carbocycles. The predicted molar refractivity (Wildman–Crippen MR) is 72.0 cm³/mol. The van der Waals surface area contributed by atoms with Gasteiger partial charge in [-0.05, 0) is 37.0 Å². The lowest BCUT2D eigenvalue weighted by Crippen LogP contribution is -2.17. The molecule has 0 aliphatic carbocycles. The number of H-pyrrole nitrogens is 1. The van der Waals surface area contributed by atoms with E-state index in [0.717, 1.165) is 29.7 Å². The molecule has 3 nitrogen and oxygen atoms in total. The maximum absolute atomic E-state index is 5.81. The monoisotopic (exact) mass is 231 g/mol. The number of nitrogens with zero attached hydrogens (tertiary/aromatic N) is 1. The first-order chi connectivity index (χ1) is 8.04. The summed E-state index contributed by atoms with van der Waals surface area (Å²) < 4.78 is 0. The Labute approximate surface area is 102 Å². The summed E-state index contributed by atoms with van der Waals surface area (Å²) in [7, 11) is 0. The molecule has 17 heavy (non-hydrogen) atoms. The van der Waals surface area contributed by atoms with Crippen molar-refractivity contribution < 1.29 is 0 Å². The zero-order valence-electron chi connectivity index (χ0n) is 10.8. The van der Waals surface area contributed by atoms with Crippen molar-refractivity contribution in [1.29, 1.82) is 0 Å². The van der Waals surface area contributed by atoms with Crippen LogP contribution in [-0.2, 0) is 12.8 Å². The largest absolute Gasteiger partial charge is 0.342 e. The van der Waals surface area contributed by atoms with E-state index in [0.29, 0.717) is 5.92 Å². The van der Waals surface area contributed by atoms with Crippen LogP contribution in [0.25, 0.3) is 11.0 Å². The molecule has 2 aromatic rings. The maximum Gasteiger partial charge on any atom is 0.107 e. The first-order valence-corrected chi connectivity index (χ1v) is 6.27. The normalized spacial score (nSPS) is 13.5. The van der Waals surface area contributed by atoms with Gasteiger partial charge in [0.05, 0.1) is 11.0 Å². The SMILES string of the molecule is CC(C)Cc1nc2ccc(CC(C)N)cc2[nH]1. The van der Waals surface area contributed by atoms with E-state index < -0.39 is 0 Å². The van der Waals surface area contributed by atoms with Crippen molar-refractivity contribution in [2.45, 2.75) is 39.7 Å². The van der Waals surface area contributed by atoms with Gasteiger partial charge in [0.25, 0.3) is 0 Å². The molecule has 1 heterocycles. The summed E-state index contributed by atoms with van der Waals surface area (Å²) in [5, 5.41) is 0. The second-order valence-corrected chi connectivity index (χ2v) is 5.31. The van der Waals surface area contributed by atoms with Crippen molar-refractivity contribution in [3.63, 3.8) is 0 Å². The van der Waals surface area contributed by atoms with Gasteiger partial charge in [0.1, 0.15) is 5.82 Å². The summed E-state index contributed by atoms with van der Waals surface area (Å²) in [5.74, 6) is 1.70. The lowest BCUT2D eigenvalue weighted by atomic mass is 10.1. The molecule has 1 aromatic carbocycles. The molecule has 1 unspecified atom stereocenters. The van der Waals surface area contributed by atoms with Gasteiger partial charge in [0.2, 0.25) is 0 Å². The van der Waals surface area contributed by atoms with Gasteiger partial charge in [0.15, 0.2) is 0 Å². The van der Waals surface area contributed by atoms with Gasteiger partial charge in [-0.3, -0.25) is 0 Å². The number of hydrogen-bond donors (Lipinski definition) is 2. The lowest BCUT2D eigenvalue weighted by Gasteiger charge is -2.04. The summed E-state index contributed by atoms with van der Waals surface area (Å²) in [6.45, 7) is 6.44. The Kier molecular flexibility index (Phi) is 3.48. The summed E-state index contributed by atoms with van der Waals surface area (Å²) in [6.07, 6.45) is 1.91. The average molecular weight is 231 g/mol. The van der Waals surface area contributed by atoms with E-state index in [1.165, 1.54) is 5.56 Å². The van der Waals surface area contributed by atoms with Gasteiger partial charge in [-0.2, -0.15) is 0 Å². The topological polar surface area (TPSA) is 54.7 Å². The number of nitrogens with one attached hydrogen (secondary N) is 1. The second kappa shape index (κ2) is 4.88. The minimum absolute atomic E-state index is 0.200. The van der Waals surface area contributed by atoms with Crippen LogP contribution in [0.15, 0.2) is 18.2 Å². The summed E-state index contributed by atoms with van der Waals surface area (Å²) >= 11 is 0. The zero-order chi connectivity index (χ0) is 12.4. The Balaban J connectivity index is 2.27. The van der Waals surface area contributed by atoms with Crippen LogP contribution in [0.1, 0.15) is 32.2 Å². The molecule has 92 valence electrons. The van der Waals surface area contributed by atoms with Crippen LogP contribution in [0.3, 0.4) is 0 Å². The molecule has 1 atom stereocenters. The van der Waals surface area contributed by atoms with Gasteiger partial charge in [-0.15, -0.1) is 0 Å². The molecule has 0 spiro atoms. The third-order valence-corrected chi connectivity index (χ3v) is 2.75. The Hall–Kier alpha value is -1.35. The van der Waals surface area contributed by atoms with E-state index in [1.807, 2.05) is 6.92 Å². The number of rotatable bonds is 4. The highest BCUT2D eigenvalue weighted by molar-refractivity contribution is 5.75. The van der Waals surface area contributed by atoms with E-state index in [1.54, 1.807) is 0 Å². The van der Waals surface area contributed by atoms with Crippen LogP contribution in [-0.4, -0.2) is 16.0 Å². The molecule has 1 aromatic heterocycles. The van der Waals surface area contributed by atoms with Gasteiger partial charge >= 0.3 is 0 Å². The van der Waals surface area contributed by atoms with Crippen LogP contribution in [0, 0.1) is 5.92 Å². The van der Waals surface area contributed by atoms with E-state index in [-0.39, 0.29) is 6.04 Å². The molecule has 0 amide bonds. The third-order valence-electron chi connectivity index (χ3n) is 2.75. The second-order valence-electron chi connectivity index (χ2n) is 5.31. The number of nitrogens with two attached hydrogens (primary N) is 1. The van der Waals surface area contributed by atoms with Crippen LogP contribution < -0.4 is 5.73 Å². The third kappa shape index (κ3) is 3.07. The molecule has 0 radical (unpaired) electrons. The number of aromatic nitrogens is 2. The molecule has 0 aliphatic rings. The minimum Gasteiger partial charge on any atom is -0.342 e. The Morgan fingerprint density at radius 3 is 2.65 bits per heavy atom. The van der Waals surface area contributed by atoms with Crippen molar-refractivity contribution >= 4 is 11.0 Å². The van der Waals surface area contributed by atoms with Crippen molar-refractivity contribution in [1.82, 2.24) is 9.97 Å². The smallest absolute Gasteiger partial charge is 0.107 e. The first kappa shape index (κ1) is 12.1. The minimum atomic E-state index is 0.200. The molecule has 0 bridgehead atoms. The van der Waals surface area contributed by atoms with Crippen LogP contribution in [0.5, 0.6) is 0 Å². The lowest BCUT2D eigenvalue weighted by molar-refractivity contribution is 0.627. The van der Waals surface area contributed by atoms with Crippen LogP contribution in [0.2, 0.25) is 0 Å². The first-order valence-electron chi connectivity index (χ1n) is 6.27. The van der Waals surface area contributed by atoms with Gasteiger partial charge < -0.3 is 10.7 Å². The molecular weight excluding hydrogens is 210 g/mol. The fourth-order valence-corrected chi connectivity index (χ4v) is 2.09. The van der Waals surface area contributed by atoms with Crippen molar-refractivity contribution in [3.8, 4) is 0 Å². The molecule has 3 N–H and O–H groups in total. The standard InChI is InChI=1S/C14H21N3/c1-9(2)6-14-16-12-5-4-11(7-10(3)15)8-13(12)17-14/h4-5,8-10H,6-7,15H2,1-3H3,(H,16,17). The van der Waals surface area contributed by atoms with Gasteiger partial charge in [-0.25, -0.2) is 4.98 Å². The average Bonchev–Trinajstić information content (AvgIpc) is 2.56. The van der Waals surface area contributed by atoms with E-state index in [4.69, 9.17) is 5.73 Å². The van der Waals surface area contributed by atoms with Gasteiger partial charge in [0, 0.05) is 12.5 Å². The Morgan fingerprint density at radius 1 is 1.24 bits per heavy atom. The molecule has 0 fully saturated rings. The van der Waals surface area contributed by atoms with E-state index in [2.05, 4.69) is 42.0 Å². The number of aromatic amines is 1. The zero-order valence-corrected chi connectivity index (χ0v) is 10.8. The summed E-state index contributed by atoms with van der Waals surface area (Å²) in [6, 6.07) is 6.56. The van der Waals surface area contributed by atoms with Crippen molar-refractivity contribution in [3.05, 3.63) is 29.6 Å². The number of fused-ring (bicyclic) bond motifs is 1. The number of hydrogen-bond acceptors (Lipinski definition) is 2. The van der Waals surface area contributed by atoms with Crippen molar-refractivity contribution in [2.24, 2.45) is 11.7 Å². The van der Waals surface area contributed by atoms with E-state index in [9.17, 15) is 0 Å². The fraction of sp³-hybridized carbons (Fsp3) is 0.500. The summed E-state index contributed by atoms with van der Waals surface area (Å²) in [5.41, 5.74) is 9.26. The van der Waals surface area contributed by atoms with E-state index >= 15 is 0 Å². The highest BCUT2D eigenvalue weighted by Gasteiger charge is 2.06. The molecular formula is C14H21N3. The maximum atomic E-state index is 5.81. The van der Waals surface area contributed by atoms with Crippen LogP contribution >= 0.6 is 0 Å². The molecule has 3 heteroatoms. The highest BCUT2D eigenvalue weighted by atomic mass is 14.9. The number of imidazole rings is 1. The quantitative estimate of drug-likeness (QED) is 0.850. The Bertz CT molecular complexity index is 489. The van der Waals surface area contributed by atoms with Crippen molar-refractivity contribution in [2.75, 3.05) is 0 Å². The summed E-state index contributed by atoms with van der Waals surface area (Å²) in [4.78, 5) is 7.97. The predicted octanol–water partition coefficient (Wildman–Crippen LogP) is 2.65. The molecule has 0 saturated heterocycles. The van der Waals surface area contributed by atoms with Gasteiger partial charge in [-0.1, -0.05) is 19.9 Å².